The van der Waals surface area contributed by atoms with Gasteiger partial charge in [-0.05, 0) is 52.3 Å². The fourth-order valence-electron chi connectivity index (χ4n) is 2.57. The van der Waals surface area contributed by atoms with Gasteiger partial charge in [0.2, 0.25) is 0 Å². The number of carbonyl (C=O) groups excluding carboxylic acids is 2. The zero-order valence-electron chi connectivity index (χ0n) is 15.8. The largest absolute Gasteiger partial charge is 0.493 e. The Morgan fingerprint density at radius 1 is 1.08 bits per heavy atom. The molecule has 0 bridgehead atoms. The molecule has 1 N–H and O–H groups in total. The van der Waals surface area contributed by atoms with Gasteiger partial charge in [0.05, 0.1) is 13.2 Å². The number of esters is 1. The summed E-state index contributed by atoms with van der Waals surface area (Å²) < 4.78 is 16.2. The molecule has 1 aromatic carbocycles. The van der Waals surface area contributed by atoms with Crippen molar-refractivity contribution in [2.24, 2.45) is 0 Å². The van der Waals surface area contributed by atoms with Crippen LogP contribution in [-0.2, 0) is 14.3 Å². The molecule has 140 valence electrons. The first kappa shape index (κ1) is 21.0. The van der Waals surface area contributed by atoms with Gasteiger partial charge in [0.25, 0.3) is 5.91 Å². The second-order valence-corrected chi connectivity index (χ2v) is 5.73. The van der Waals surface area contributed by atoms with E-state index in [2.05, 4.69) is 5.32 Å². The van der Waals surface area contributed by atoms with Crippen LogP contribution in [-0.4, -0.2) is 37.3 Å². The number of ether oxygens (including phenoxy) is 3. The molecule has 6 heteroatoms. The van der Waals surface area contributed by atoms with Gasteiger partial charge in [-0.25, -0.2) is 4.79 Å². The molecule has 0 saturated carbocycles. The van der Waals surface area contributed by atoms with E-state index < -0.39 is 11.6 Å². The summed E-state index contributed by atoms with van der Waals surface area (Å²) in [6, 6.07) is 4.92. The maximum absolute atomic E-state index is 12.6. The van der Waals surface area contributed by atoms with Crippen LogP contribution in [0.3, 0.4) is 0 Å². The van der Waals surface area contributed by atoms with Gasteiger partial charge in [0, 0.05) is 12.3 Å². The van der Waals surface area contributed by atoms with Gasteiger partial charge < -0.3 is 19.5 Å². The van der Waals surface area contributed by atoms with Gasteiger partial charge in [-0.3, -0.25) is 4.79 Å². The van der Waals surface area contributed by atoms with Crippen LogP contribution in [0.2, 0.25) is 0 Å². The molecule has 0 fully saturated rings. The number of hydrogen-bond acceptors (Lipinski definition) is 5. The number of anilines is 1. The molecule has 6 nitrogen and oxygen atoms in total. The van der Waals surface area contributed by atoms with Crippen LogP contribution in [0.15, 0.2) is 18.2 Å². The first-order valence-electron chi connectivity index (χ1n) is 8.81. The summed E-state index contributed by atoms with van der Waals surface area (Å²) in [5.74, 6) is -0.293. The van der Waals surface area contributed by atoms with Gasteiger partial charge >= 0.3 is 5.97 Å². The minimum Gasteiger partial charge on any atom is -0.493 e. The lowest BCUT2D eigenvalue weighted by atomic mass is 9.99. The molecule has 1 aromatic rings. The molecule has 1 amide bonds. The minimum atomic E-state index is -0.911. The quantitative estimate of drug-likeness (QED) is 0.649. The summed E-state index contributed by atoms with van der Waals surface area (Å²) in [7, 11) is 0. The summed E-state index contributed by atoms with van der Waals surface area (Å²) in [5, 5.41) is 2.83. The summed E-state index contributed by atoms with van der Waals surface area (Å²) in [6.07, 6.45) is 1.43. The highest BCUT2D eigenvalue weighted by atomic mass is 16.5. The molecule has 0 aromatic heterocycles. The molecule has 0 aliphatic rings. The molecular formula is C19H29NO5. The number of rotatable bonds is 10. The monoisotopic (exact) mass is 351 g/mol. The predicted octanol–water partition coefficient (Wildman–Crippen LogP) is 3.80. The zero-order valence-corrected chi connectivity index (χ0v) is 15.8. The van der Waals surface area contributed by atoms with Crippen LogP contribution in [0.5, 0.6) is 5.75 Å². The Hall–Kier alpha value is -2.08. The number of benzene rings is 1. The highest BCUT2D eigenvalue weighted by Gasteiger charge is 2.33. The Bertz CT molecular complexity index is 579. The summed E-state index contributed by atoms with van der Waals surface area (Å²) in [4.78, 5) is 24.8. The van der Waals surface area contributed by atoms with Crippen molar-refractivity contribution in [1.29, 1.82) is 0 Å². The Morgan fingerprint density at radius 3 is 2.36 bits per heavy atom. The molecule has 0 aliphatic carbocycles. The van der Waals surface area contributed by atoms with Crippen LogP contribution >= 0.6 is 0 Å². The lowest BCUT2D eigenvalue weighted by Gasteiger charge is -2.28. The van der Waals surface area contributed by atoms with Crippen LogP contribution < -0.4 is 10.1 Å². The van der Waals surface area contributed by atoms with Crippen molar-refractivity contribution in [2.45, 2.75) is 53.1 Å². The van der Waals surface area contributed by atoms with Crippen molar-refractivity contribution < 1.29 is 23.8 Å². The van der Waals surface area contributed by atoms with Gasteiger partial charge in [-0.1, -0.05) is 13.3 Å². The smallest absolute Gasteiger partial charge is 0.341 e. The summed E-state index contributed by atoms with van der Waals surface area (Å²) in [5.41, 5.74) is -0.125. The van der Waals surface area contributed by atoms with E-state index >= 15 is 0 Å². The predicted molar refractivity (Wildman–Crippen MR) is 97.1 cm³/mol. The van der Waals surface area contributed by atoms with Crippen molar-refractivity contribution in [3.05, 3.63) is 23.8 Å². The molecule has 0 unspecified atom stereocenters. The highest BCUT2D eigenvalue weighted by molar-refractivity contribution is 5.99. The normalized spacial score (nSPS) is 13.0. The van der Waals surface area contributed by atoms with Gasteiger partial charge in [-0.2, -0.15) is 0 Å². The fraction of sp³-hybridized carbons (Fsp3) is 0.579. The average molecular weight is 351 g/mol. The molecule has 0 radical (unpaired) electrons. The van der Waals surface area contributed by atoms with E-state index in [4.69, 9.17) is 14.2 Å². The zero-order chi connectivity index (χ0) is 18.9. The molecule has 0 saturated heterocycles. The number of amides is 1. The van der Waals surface area contributed by atoms with E-state index in [1.54, 1.807) is 32.0 Å². The van der Waals surface area contributed by atoms with Crippen molar-refractivity contribution in [2.75, 3.05) is 25.1 Å². The number of carbonyl (C=O) groups is 2. The van der Waals surface area contributed by atoms with E-state index in [9.17, 15) is 9.59 Å². The van der Waals surface area contributed by atoms with Crippen LogP contribution in [0, 0.1) is 0 Å². The van der Waals surface area contributed by atoms with E-state index in [1.165, 1.54) is 0 Å². The van der Waals surface area contributed by atoms with Crippen LogP contribution in [0.25, 0.3) is 0 Å². The second kappa shape index (κ2) is 10.0. The third-order valence-corrected chi connectivity index (χ3v) is 3.70. The maximum Gasteiger partial charge on any atom is 0.341 e. The Morgan fingerprint density at radius 2 is 1.80 bits per heavy atom. The third-order valence-electron chi connectivity index (χ3n) is 3.70. The maximum atomic E-state index is 12.6. The van der Waals surface area contributed by atoms with E-state index in [1.807, 2.05) is 20.8 Å². The molecule has 25 heavy (non-hydrogen) atoms. The second-order valence-electron chi connectivity index (χ2n) is 5.73. The molecule has 0 heterocycles. The van der Waals surface area contributed by atoms with E-state index in [0.29, 0.717) is 31.1 Å². The van der Waals surface area contributed by atoms with Crippen LogP contribution in [0.1, 0.15) is 57.8 Å². The van der Waals surface area contributed by atoms with E-state index in [-0.39, 0.29) is 18.1 Å². The molecule has 0 aliphatic heterocycles. The lowest BCUT2D eigenvalue weighted by molar-refractivity contribution is -0.139. The molecule has 0 spiro atoms. The van der Waals surface area contributed by atoms with Crippen molar-refractivity contribution in [1.82, 2.24) is 0 Å². The standard InChI is InChI=1S/C19H29NO5/c1-6-12-19(5,25-9-4)18(22)20-14-10-11-16(23-7-2)15(13-14)17(21)24-8-3/h10-11,13H,6-9,12H2,1-5H3,(H,20,22)/t19-/m0/s1. The van der Waals surface area contributed by atoms with Crippen molar-refractivity contribution in [3.8, 4) is 5.75 Å². The average Bonchev–Trinajstić information content (AvgIpc) is 2.57. The number of nitrogens with one attached hydrogen (secondary N) is 1. The molecule has 1 rings (SSSR count). The van der Waals surface area contributed by atoms with Crippen LogP contribution in [0.4, 0.5) is 5.69 Å². The van der Waals surface area contributed by atoms with Gasteiger partial charge in [0.15, 0.2) is 0 Å². The third kappa shape index (κ3) is 5.74. The van der Waals surface area contributed by atoms with Crippen molar-refractivity contribution in [3.63, 3.8) is 0 Å². The number of hydrogen-bond donors (Lipinski definition) is 1. The highest BCUT2D eigenvalue weighted by Crippen LogP contribution is 2.26. The lowest BCUT2D eigenvalue weighted by Crippen LogP contribution is -2.42. The topological polar surface area (TPSA) is 73.9 Å². The Kier molecular flexibility index (Phi) is 8.41. The fourth-order valence-corrected chi connectivity index (χ4v) is 2.57. The van der Waals surface area contributed by atoms with Gasteiger partial charge in [0.1, 0.15) is 16.9 Å². The van der Waals surface area contributed by atoms with Crippen molar-refractivity contribution >= 4 is 17.6 Å². The van der Waals surface area contributed by atoms with Gasteiger partial charge in [-0.15, -0.1) is 0 Å². The molecule has 1 atom stereocenters. The summed E-state index contributed by atoms with van der Waals surface area (Å²) >= 11 is 0. The minimum absolute atomic E-state index is 0.241. The Balaban J connectivity index is 3.06. The van der Waals surface area contributed by atoms with E-state index in [0.717, 1.165) is 6.42 Å². The Labute approximate surface area is 149 Å². The SMILES string of the molecule is CCC[C@](C)(OCC)C(=O)Nc1ccc(OCC)c(C(=O)OCC)c1. The molecular weight excluding hydrogens is 322 g/mol. The summed E-state index contributed by atoms with van der Waals surface area (Å²) in [6.45, 7) is 10.3. The first-order chi connectivity index (χ1) is 11.9. The first-order valence-corrected chi connectivity index (χ1v) is 8.81.